The summed E-state index contributed by atoms with van der Waals surface area (Å²) in [5.74, 6) is 0. The molecule has 2 N–H and O–H groups in total. The van der Waals surface area contributed by atoms with Crippen LogP contribution >= 0.6 is 11.6 Å². The fourth-order valence-corrected chi connectivity index (χ4v) is 4.39. The molecule has 116 valence electrons. The maximum absolute atomic E-state index is 6.22. The van der Waals surface area contributed by atoms with E-state index in [1.807, 2.05) is 6.07 Å². The van der Waals surface area contributed by atoms with Gasteiger partial charge in [-0.25, -0.2) is 0 Å². The van der Waals surface area contributed by atoms with Crippen molar-refractivity contribution < 1.29 is 0 Å². The molecule has 1 aromatic rings. The first-order valence-corrected chi connectivity index (χ1v) is 8.84. The van der Waals surface area contributed by atoms with Gasteiger partial charge in [-0.2, -0.15) is 0 Å². The molecule has 0 unspecified atom stereocenters. The van der Waals surface area contributed by atoms with Gasteiger partial charge in [-0.15, -0.1) is 0 Å². The number of halogens is 1. The first-order valence-electron chi connectivity index (χ1n) is 8.46. The smallest absolute Gasteiger partial charge is 0.0426 e. The van der Waals surface area contributed by atoms with Gasteiger partial charge in [-0.1, -0.05) is 36.9 Å². The molecule has 1 aliphatic carbocycles. The quantitative estimate of drug-likeness (QED) is 0.897. The van der Waals surface area contributed by atoms with Crippen molar-refractivity contribution >= 4 is 17.3 Å². The topological polar surface area (TPSA) is 29.3 Å². The van der Waals surface area contributed by atoms with Crippen molar-refractivity contribution in [1.29, 1.82) is 0 Å². The Morgan fingerprint density at radius 3 is 2.43 bits per heavy atom. The Morgan fingerprint density at radius 2 is 1.76 bits per heavy atom. The fourth-order valence-electron chi connectivity index (χ4n) is 4.22. The normalized spacial score (nSPS) is 21.7. The van der Waals surface area contributed by atoms with E-state index in [4.69, 9.17) is 17.3 Å². The van der Waals surface area contributed by atoms with Crippen LogP contribution in [0.3, 0.4) is 0 Å². The molecule has 1 heterocycles. The lowest BCUT2D eigenvalue weighted by molar-refractivity contribution is 0.144. The zero-order chi connectivity index (χ0) is 14.7. The zero-order valence-electron chi connectivity index (χ0n) is 12.9. The highest BCUT2D eigenvalue weighted by molar-refractivity contribution is 6.30. The Balaban J connectivity index is 1.72. The molecular formula is C18H27ClN2. The van der Waals surface area contributed by atoms with Crippen LogP contribution in [-0.4, -0.2) is 19.6 Å². The van der Waals surface area contributed by atoms with Gasteiger partial charge in [0.1, 0.15) is 0 Å². The van der Waals surface area contributed by atoms with E-state index in [1.54, 1.807) is 0 Å². The van der Waals surface area contributed by atoms with Crippen LogP contribution in [0, 0.1) is 5.41 Å². The third-order valence-electron chi connectivity index (χ3n) is 5.54. The first kappa shape index (κ1) is 15.2. The molecule has 0 bridgehead atoms. The van der Waals surface area contributed by atoms with Crippen LogP contribution in [0.4, 0.5) is 5.69 Å². The first-order chi connectivity index (χ1) is 10.2. The Labute approximate surface area is 133 Å². The second-order valence-electron chi connectivity index (χ2n) is 6.86. The van der Waals surface area contributed by atoms with Crippen LogP contribution in [0.5, 0.6) is 0 Å². The predicted molar refractivity (Wildman–Crippen MR) is 91.2 cm³/mol. The largest absolute Gasteiger partial charge is 0.371 e. The number of rotatable bonds is 3. The molecule has 2 nitrogen and oxygen atoms in total. The number of piperidine rings is 1. The minimum Gasteiger partial charge on any atom is -0.371 e. The molecule has 0 aromatic heterocycles. The molecule has 0 amide bonds. The Hall–Kier alpha value is -0.730. The Bertz CT molecular complexity index is 470. The molecule has 1 saturated carbocycles. The Kier molecular flexibility index (Phi) is 4.75. The maximum Gasteiger partial charge on any atom is 0.0426 e. The highest BCUT2D eigenvalue weighted by atomic mass is 35.5. The highest BCUT2D eigenvalue weighted by Gasteiger charge is 2.35. The molecule has 0 radical (unpaired) electrons. The van der Waals surface area contributed by atoms with Crippen molar-refractivity contribution in [1.82, 2.24) is 0 Å². The van der Waals surface area contributed by atoms with E-state index in [1.165, 1.54) is 69.3 Å². The van der Waals surface area contributed by atoms with Gasteiger partial charge >= 0.3 is 0 Å². The van der Waals surface area contributed by atoms with E-state index in [0.29, 0.717) is 12.0 Å². The van der Waals surface area contributed by atoms with Crippen LogP contribution in [0.25, 0.3) is 0 Å². The molecular weight excluding hydrogens is 280 g/mol. The standard InChI is InChI=1S/C18H27ClN2/c19-16-5-4-15(6-11-20)17(14-16)21-12-9-18(10-13-21)7-2-1-3-8-18/h4-5,14H,1-3,6-13,20H2. The molecule has 1 saturated heterocycles. The molecule has 1 spiro atoms. The predicted octanol–water partition coefficient (Wildman–Crippen LogP) is 4.39. The number of hydrogen-bond donors (Lipinski definition) is 1. The molecule has 3 rings (SSSR count). The van der Waals surface area contributed by atoms with Crippen LogP contribution < -0.4 is 10.6 Å². The van der Waals surface area contributed by atoms with Crippen LogP contribution in [0.1, 0.15) is 50.5 Å². The van der Waals surface area contributed by atoms with Crippen molar-refractivity contribution in [2.45, 2.75) is 51.4 Å². The number of hydrogen-bond acceptors (Lipinski definition) is 2. The molecule has 2 fully saturated rings. The van der Waals surface area contributed by atoms with Gasteiger partial charge in [-0.05, 0) is 61.8 Å². The number of nitrogens with two attached hydrogens (primary N) is 1. The number of nitrogens with zero attached hydrogens (tertiary/aromatic N) is 1. The average Bonchev–Trinajstić information content (AvgIpc) is 2.51. The molecule has 0 atom stereocenters. The summed E-state index contributed by atoms with van der Waals surface area (Å²) >= 11 is 6.22. The van der Waals surface area contributed by atoms with E-state index < -0.39 is 0 Å². The third-order valence-corrected chi connectivity index (χ3v) is 5.78. The van der Waals surface area contributed by atoms with Gasteiger partial charge in [0.05, 0.1) is 0 Å². The molecule has 2 aliphatic rings. The van der Waals surface area contributed by atoms with Crippen molar-refractivity contribution in [2.75, 3.05) is 24.5 Å². The monoisotopic (exact) mass is 306 g/mol. The lowest BCUT2D eigenvalue weighted by Gasteiger charge is -2.45. The van der Waals surface area contributed by atoms with E-state index >= 15 is 0 Å². The van der Waals surface area contributed by atoms with Gasteiger partial charge < -0.3 is 10.6 Å². The van der Waals surface area contributed by atoms with Gasteiger partial charge in [0.25, 0.3) is 0 Å². The zero-order valence-corrected chi connectivity index (χ0v) is 13.7. The number of benzene rings is 1. The number of anilines is 1. The molecule has 3 heteroatoms. The van der Waals surface area contributed by atoms with Gasteiger partial charge in [0.2, 0.25) is 0 Å². The molecule has 1 aliphatic heterocycles. The van der Waals surface area contributed by atoms with Crippen molar-refractivity contribution in [3.8, 4) is 0 Å². The van der Waals surface area contributed by atoms with E-state index in [2.05, 4.69) is 17.0 Å². The van der Waals surface area contributed by atoms with Crippen molar-refractivity contribution in [3.05, 3.63) is 28.8 Å². The summed E-state index contributed by atoms with van der Waals surface area (Å²) in [5.41, 5.74) is 9.08. The third kappa shape index (κ3) is 3.37. The second kappa shape index (κ2) is 6.58. The van der Waals surface area contributed by atoms with Gasteiger partial charge in [0, 0.05) is 23.8 Å². The SMILES string of the molecule is NCCc1ccc(Cl)cc1N1CCC2(CCCCC2)CC1. The van der Waals surface area contributed by atoms with E-state index in [-0.39, 0.29) is 0 Å². The molecule has 1 aromatic carbocycles. The summed E-state index contributed by atoms with van der Waals surface area (Å²) in [7, 11) is 0. The average molecular weight is 307 g/mol. The lowest BCUT2D eigenvalue weighted by atomic mass is 9.68. The maximum atomic E-state index is 6.22. The minimum atomic E-state index is 0.654. The summed E-state index contributed by atoms with van der Waals surface area (Å²) in [6, 6.07) is 6.27. The van der Waals surface area contributed by atoms with Gasteiger partial charge in [0.15, 0.2) is 0 Å². The van der Waals surface area contributed by atoms with Crippen molar-refractivity contribution in [2.24, 2.45) is 11.1 Å². The minimum absolute atomic E-state index is 0.654. The van der Waals surface area contributed by atoms with E-state index in [0.717, 1.165) is 11.4 Å². The van der Waals surface area contributed by atoms with Crippen LogP contribution in [0.15, 0.2) is 18.2 Å². The lowest BCUT2D eigenvalue weighted by Crippen LogP contribution is -2.41. The Morgan fingerprint density at radius 1 is 1.05 bits per heavy atom. The van der Waals surface area contributed by atoms with Crippen LogP contribution in [-0.2, 0) is 6.42 Å². The van der Waals surface area contributed by atoms with E-state index in [9.17, 15) is 0 Å². The highest BCUT2D eigenvalue weighted by Crippen LogP contribution is 2.45. The fraction of sp³-hybridized carbons (Fsp3) is 0.667. The van der Waals surface area contributed by atoms with Gasteiger partial charge in [-0.3, -0.25) is 0 Å². The van der Waals surface area contributed by atoms with Crippen LogP contribution in [0.2, 0.25) is 5.02 Å². The van der Waals surface area contributed by atoms with Crippen molar-refractivity contribution in [3.63, 3.8) is 0 Å². The summed E-state index contributed by atoms with van der Waals surface area (Å²) in [5, 5.41) is 0.837. The molecule has 21 heavy (non-hydrogen) atoms. The summed E-state index contributed by atoms with van der Waals surface area (Å²) in [6.45, 7) is 3.06. The second-order valence-corrected chi connectivity index (χ2v) is 7.30. The summed E-state index contributed by atoms with van der Waals surface area (Å²) < 4.78 is 0. The summed E-state index contributed by atoms with van der Waals surface area (Å²) in [4.78, 5) is 2.54. The summed E-state index contributed by atoms with van der Waals surface area (Å²) in [6.07, 6.45) is 10.9.